The molecule has 182 valence electrons. The van der Waals surface area contributed by atoms with Crippen LogP contribution in [0.1, 0.15) is 5.56 Å². The molecule has 0 aliphatic carbocycles. The minimum atomic E-state index is -4.79. The summed E-state index contributed by atoms with van der Waals surface area (Å²) in [4.78, 5) is 21.6. The number of carbonyl (C=O) groups excluding carboxylic acids is 1. The van der Waals surface area contributed by atoms with Gasteiger partial charge in [-0.3, -0.25) is 4.79 Å². The first-order valence-corrected chi connectivity index (χ1v) is 10.6. The van der Waals surface area contributed by atoms with Crippen molar-refractivity contribution in [3.63, 3.8) is 0 Å². The molecule has 4 rings (SSSR count). The van der Waals surface area contributed by atoms with Crippen molar-refractivity contribution in [2.45, 2.75) is 6.18 Å². The van der Waals surface area contributed by atoms with E-state index in [9.17, 15) is 22.4 Å². The molecule has 1 saturated heterocycles. The molecule has 0 unspecified atom stereocenters. The maximum absolute atomic E-state index is 14.2. The standard InChI is InChI=1S/C24H21F4N5O2/c1-2-21(34)30-18-11-15(10-16(25)12-18)22-20(24(26,27)28)14-29-23(32-22)31-17-4-3-5-19(13-17)33-6-8-35-9-7-33/h2-5,10-14H,1,6-9H2,(H,30,34)(H,29,31,32). The molecule has 0 spiro atoms. The summed E-state index contributed by atoms with van der Waals surface area (Å²) in [5.74, 6) is -1.59. The van der Waals surface area contributed by atoms with E-state index in [1.54, 1.807) is 12.1 Å². The van der Waals surface area contributed by atoms with Crippen molar-refractivity contribution in [1.29, 1.82) is 0 Å². The van der Waals surface area contributed by atoms with Crippen molar-refractivity contribution in [3.05, 3.63) is 72.7 Å². The van der Waals surface area contributed by atoms with Crippen LogP contribution in [-0.4, -0.2) is 42.2 Å². The molecule has 2 aromatic carbocycles. The number of alkyl halides is 3. The summed E-state index contributed by atoms with van der Waals surface area (Å²) in [6.07, 6.45) is -3.19. The van der Waals surface area contributed by atoms with Gasteiger partial charge in [-0.05, 0) is 42.5 Å². The fourth-order valence-electron chi connectivity index (χ4n) is 3.59. The highest BCUT2D eigenvalue weighted by Crippen LogP contribution is 2.37. The van der Waals surface area contributed by atoms with Gasteiger partial charge in [0.2, 0.25) is 11.9 Å². The zero-order valence-electron chi connectivity index (χ0n) is 18.4. The predicted molar refractivity (Wildman–Crippen MR) is 124 cm³/mol. The number of rotatable bonds is 6. The quantitative estimate of drug-likeness (QED) is 0.376. The van der Waals surface area contributed by atoms with Crippen LogP contribution in [0, 0.1) is 5.82 Å². The van der Waals surface area contributed by atoms with Gasteiger partial charge < -0.3 is 20.3 Å². The first-order chi connectivity index (χ1) is 16.7. The van der Waals surface area contributed by atoms with Gasteiger partial charge in [-0.15, -0.1) is 0 Å². The van der Waals surface area contributed by atoms with Gasteiger partial charge in [-0.1, -0.05) is 12.6 Å². The molecule has 35 heavy (non-hydrogen) atoms. The van der Waals surface area contributed by atoms with E-state index in [4.69, 9.17) is 4.74 Å². The van der Waals surface area contributed by atoms with Crippen molar-refractivity contribution < 1.29 is 27.1 Å². The molecular weight excluding hydrogens is 466 g/mol. The lowest BCUT2D eigenvalue weighted by atomic mass is 10.1. The Balaban J connectivity index is 1.69. The van der Waals surface area contributed by atoms with E-state index in [2.05, 4.69) is 32.1 Å². The van der Waals surface area contributed by atoms with Gasteiger partial charge in [0.05, 0.1) is 18.9 Å². The van der Waals surface area contributed by atoms with Crippen LogP contribution in [0.15, 0.2) is 61.3 Å². The number of anilines is 4. The van der Waals surface area contributed by atoms with Gasteiger partial charge in [0.15, 0.2) is 0 Å². The molecule has 1 fully saturated rings. The Labute approximate surface area is 198 Å². The number of benzene rings is 2. The van der Waals surface area contributed by atoms with Crippen LogP contribution < -0.4 is 15.5 Å². The SMILES string of the molecule is C=CC(=O)Nc1cc(F)cc(-c2nc(Nc3cccc(N4CCOCC4)c3)ncc2C(F)(F)F)c1. The fourth-order valence-corrected chi connectivity index (χ4v) is 3.59. The van der Waals surface area contributed by atoms with E-state index in [1.165, 1.54) is 6.07 Å². The molecular formula is C24H21F4N5O2. The average molecular weight is 487 g/mol. The van der Waals surface area contributed by atoms with E-state index >= 15 is 0 Å². The molecule has 0 atom stereocenters. The third-order valence-electron chi connectivity index (χ3n) is 5.20. The largest absolute Gasteiger partial charge is 0.419 e. The highest BCUT2D eigenvalue weighted by Gasteiger charge is 2.35. The Morgan fingerprint density at radius 2 is 1.89 bits per heavy atom. The van der Waals surface area contributed by atoms with Gasteiger partial charge >= 0.3 is 6.18 Å². The molecule has 7 nitrogen and oxygen atoms in total. The number of carbonyl (C=O) groups is 1. The summed E-state index contributed by atoms with van der Waals surface area (Å²) in [7, 11) is 0. The molecule has 1 amide bonds. The van der Waals surface area contributed by atoms with E-state index in [0.717, 1.165) is 23.9 Å². The Morgan fingerprint density at radius 3 is 2.60 bits per heavy atom. The molecule has 0 radical (unpaired) electrons. The minimum Gasteiger partial charge on any atom is -0.378 e. The second-order valence-corrected chi connectivity index (χ2v) is 7.65. The summed E-state index contributed by atoms with van der Waals surface area (Å²) in [6.45, 7) is 5.94. The van der Waals surface area contributed by atoms with Crippen molar-refractivity contribution in [3.8, 4) is 11.3 Å². The molecule has 2 N–H and O–H groups in total. The second-order valence-electron chi connectivity index (χ2n) is 7.65. The van der Waals surface area contributed by atoms with Crippen molar-refractivity contribution in [2.24, 2.45) is 0 Å². The molecule has 11 heteroatoms. The third-order valence-corrected chi connectivity index (χ3v) is 5.20. The maximum atomic E-state index is 14.2. The van der Waals surface area contributed by atoms with Crippen LogP contribution in [0.5, 0.6) is 0 Å². The number of nitrogens with one attached hydrogen (secondary N) is 2. The maximum Gasteiger partial charge on any atom is 0.419 e. The summed E-state index contributed by atoms with van der Waals surface area (Å²) in [5, 5.41) is 5.26. The van der Waals surface area contributed by atoms with Crippen molar-refractivity contribution >= 4 is 28.9 Å². The Hall–Kier alpha value is -3.99. The molecule has 0 bridgehead atoms. The van der Waals surface area contributed by atoms with Crippen LogP contribution in [0.3, 0.4) is 0 Å². The monoisotopic (exact) mass is 487 g/mol. The lowest BCUT2D eigenvalue weighted by Gasteiger charge is -2.29. The van der Waals surface area contributed by atoms with E-state index in [-0.39, 0.29) is 17.2 Å². The van der Waals surface area contributed by atoms with Crippen LogP contribution >= 0.6 is 0 Å². The first kappa shape index (κ1) is 24.1. The molecule has 1 aliphatic heterocycles. The zero-order chi connectivity index (χ0) is 25.0. The smallest absolute Gasteiger partial charge is 0.378 e. The molecule has 1 aromatic heterocycles. The Kier molecular flexibility index (Phi) is 6.97. The Morgan fingerprint density at radius 1 is 1.11 bits per heavy atom. The summed E-state index contributed by atoms with van der Waals surface area (Å²) in [5.41, 5.74) is -0.408. The summed E-state index contributed by atoms with van der Waals surface area (Å²) >= 11 is 0. The summed E-state index contributed by atoms with van der Waals surface area (Å²) in [6, 6.07) is 10.4. The van der Waals surface area contributed by atoms with E-state index in [1.807, 2.05) is 12.1 Å². The average Bonchev–Trinajstić information content (AvgIpc) is 2.83. The number of hydrogen-bond acceptors (Lipinski definition) is 6. The van der Waals surface area contributed by atoms with E-state index in [0.29, 0.717) is 38.2 Å². The van der Waals surface area contributed by atoms with Crippen LogP contribution in [-0.2, 0) is 15.7 Å². The van der Waals surface area contributed by atoms with Crippen LogP contribution in [0.4, 0.5) is 40.6 Å². The summed E-state index contributed by atoms with van der Waals surface area (Å²) < 4.78 is 60.8. The van der Waals surface area contributed by atoms with E-state index < -0.39 is 29.2 Å². The number of halogens is 4. The molecule has 3 aromatic rings. The van der Waals surface area contributed by atoms with Crippen molar-refractivity contribution in [1.82, 2.24) is 9.97 Å². The molecule has 0 saturated carbocycles. The lowest BCUT2D eigenvalue weighted by molar-refractivity contribution is -0.137. The number of aromatic nitrogens is 2. The lowest BCUT2D eigenvalue weighted by Crippen LogP contribution is -2.36. The minimum absolute atomic E-state index is 0.0376. The van der Waals surface area contributed by atoms with Gasteiger partial charge in [0.25, 0.3) is 0 Å². The highest BCUT2D eigenvalue weighted by atomic mass is 19.4. The highest BCUT2D eigenvalue weighted by molar-refractivity contribution is 5.99. The number of ether oxygens (including phenoxy) is 1. The van der Waals surface area contributed by atoms with Gasteiger partial charge in [-0.25, -0.2) is 14.4 Å². The second kappa shape index (κ2) is 10.1. The topological polar surface area (TPSA) is 79.4 Å². The van der Waals surface area contributed by atoms with Crippen LogP contribution in [0.2, 0.25) is 0 Å². The fraction of sp³-hybridized carbons (Fsp3) is 0.208. The molecule has 2 heterocycles. The predicted octanol–water partition coefficient (Wildman–Crippen LogP) is 5.01. The van der Waals surface area contributed by atoms with Gasteiger partial charge in [-0.2, -0.15) is 13.2 Å². The number of nitrogens with zero attached hydrogens (tertiary/aromatic N) is 3. The van der Waals surface area contributed by atoms with Crippen molar-refractivity contribution in [2.75, 3.05) is 41.8 Å². The first-order valence-electron chi connectivity index (χ1n) is 10.6. The number of amides is 1. The number of hydrogen-bond donors (Lipinski definition) is 2. The number of morpholine rings is 1. The normalized spacial score (nSPS) is 13.9. The van der Waals surface area contributed by atoms with Crippen LogP contribution in [0.25, 0.3) is 11.3 Å². The Bertz CT molecular complexity index is 1240. The van der Waals surface area contributed by atoms with Gasteiger partial charge in [0.1, 0.15) is 11.4 Å². The molecule has 1 aliphatic rings. The van der Waals surface area contributed by atoms with Gasteiger partial charge in [0, 0.05) is 41.9 Å². The third kappa shape index (κ3) is 5.93. The zero-order valence-corrected chi connectivity index (χ0v) is 18.4.